The van der Waals surface area contributed by atoms with E-state index in [0.29, 0.717) is 149 Å². The number of fused-ring (bicyclic) bond motifs is 6. The second-order valence-electron chi connectivity index (χ2n) is 32.8. The molecule has 0 saturated carbocycles. The molecule has 0 unspecified atom stereocenters. The van der Waals surface area contributed by atoms with Gasteiger partial charge in [0.05, 0.1) is 42.4 Å². The van der Waals surface area contributed by atoms with Gasteiger partial charge in [-0.05, 0) is 273 Å². The van der Waals surface area contributed by atoms with Crippen molar-refractivity contribution in [2.45, 2.75) is 269 Å². The minimum Gasteiger partial charge on any atom is -0.354 e. The van der Waals surface area contributed by atoms with Crippen molar-refractivity contribution in [1.29, 1.82) is 0 Å². The van der Waals surface area contributed by atoms with Crippen molar-refractivity contribution < 1.29 is 33.7 Å². The standard InChI is InChI=1S/C89H123N7O8S4/c1-25-86(21,26-2)41-45-90-105(97,98)82-58(13)49-54(9)74(62(82)17)78-66-33-34-67(53-66)79(75-55(10)50-59(14)83(63(75)18)106(99,100)91-46-42-87(22,27-3)28-4)69-36-38-71(95-69)81(77-57(12)52-61(16)85(65(77)20)108(103,104)93-48-44-89(24,31-7)32-8)73-40-39-72(96-73)80(70-37-35-68(78)94-70)76-56(11)51-60(15)84(64(76)19)107(101,102)92-47-43-88(23,29-5)30-6/h33-40,49-52,90-93,96H,25-32,41-48,53H2,1-24H3. The van der Waals surface area contributed by atoms with E-state index in [-0.39, 0.29) is 73.8 Å². The first kappa shape index (κ1) is 85.3. The molecule has 1 aliphatic carbocycles. The Bertz CT molecular complexity index is 4870. The van der Waals surface area contributed by atoms with Gasteiger partial charge in [0, 0.05) is 59.9 Å². The second kappa shape index (κ2) is 32.9. The summed E-state index contributed by atoms with van der Waals surface area (Å²) >= 11 is 0. The van der Waals surface area contributed by atoms with Gasteiger partial charge in [0.2, 0.25) is 40.1 Å². The molecular formula is C89H123N7O8S4. The SMILES string of the molecule is CCC(C)(CC)CCNS(=O)(=O)c1c(C)cc(C)c(C2=C3C=CC(=C(c4c(C)cc(C)c(S(=O)(=O)NCCC(C)(CC)CC)c4C)C4=NC(=C(c5c(C)cc(C)c(S(=O)(=O)NCCC(C)(CC)CC)c5C)c5ccc([nH]5)C(c5c(C)cc(C)c(S(=O)(=O)NCCC(C)(CC)CC)c5C)=C5C=CC2=N5)C=C4)C3)c1C. The third-order valence-corrected chi connectivity index (χ3v) is 32.6. The predicted molar refractivity (Wildman–Crippen MR) is 450 cm³/mol. The molecule has 19 heteroatoms. The highest BCUT2D eigenvalue weighted by molar-refractivity contribution is 7.90. The van der Waals surface area contributed by atoms with E-state index in [4.69, 9.17) is 9.98 Å². The van der Waals surface area contributed by atoms with E-state index in [1.54, 1.807) is 0 Å². The number of aromatic nitrogens is 1. The van der Waals surface area contributed by atoms with Crippen molar-refractivity contribution >= 4 is 73.8 Å². The van der Waals surface area contributed by atoms with Crippen LogP contribution in [0, 0.1) is 105 Å². The molecule has 4 heterocycles. The highest BCUT2D eigenvalue weighted by Gasteiger charge is 2.37. The molecule has 0 fully saturated rings. The average molecular weight is 1550 g/mol. The Morgan fingerprint density at radius 1 is 0.333 bits per heavy atom. The van der Waals surface area contributed by atoms with Gasteiger partial charge in [-0.3, -0.25) is 0 Å². The zero-order valence-electron chi connectivity index (χ0n) is 69.2. The Morgan fingerprint density at radius 2 is 0.565 bits per heavy atom. The van der Waals surface area contributed by atoms with E-state index in [1.807, 2.05) is 144 Å². The van der Waals surface area contributed by atoms with Crippen molar-refractivity contribution in [3.63, 3.8) is 0 Å². The molecule has 0 amide bonds. The van der Waals surface area contributed by atoms with Crippen LogP contribution in [0.3, 0.4) is 0 Å². The van der Waals surface area contributed by atoms with Gasteiger partial charge in [0.1, 0.15) is 0 Å². The molecule has 0 radical (unpaired) electrons. The number of nitrogens with zero attached hydrogens (tertiary/aromatic N) is 2. The maximum atomic E-state index is 15.2. The zero-order chi connectivity index (χ0) is 79.9. The first-order valence-electron chi connectivity index (χ1n) is 39.3. The lowest BCUT2D eigenvalue weighted by atomic mass is 9.82. The molecule has 108 heavy (non-hydrogen) atoms. The van der Waals surface area contributed by atoms with Crippen LogP contribution in [0.15, 0.2) is 125 Å². The molecule has 1 aromatic heterocycles. The van der Waals surface area contributed by atoms with E-state index < -0.39 is 40.1 Å². The lowest BCUT2D eigenvalue weighted by Gasteiger charge is -2.27. The van der Waals surface area contributed by atoms with Crippen LogP contribution in [0.5, 0.6) is 0 Å². The van der Waals surface area contributed by atoms with E-state index in [2.05, 4.69) is 119 Å². The van der Waals surface area contributed by atoms with Crippen LogP contribution in [0.4, 0.5) is 0 Å². The smallest absolute Gasteiger partial charge is 0.241 e. The molecule has 0 saturated heterocycles. The predicted octanol–water partition coefficient (Wildman–Crippen LogP) is 20.1. The Labute approximate surface area is 649 Å². The van der Waals surface area contributed by atoms with Crippen molar-refractivity contribution in [3.8, 4) is 0 Å². The molecule has 15 nitrogen and oxygen atoms in total. The monoisotopic (exact) mass is 1550 g/mol. The van der Waals surface area contributed by atoms with Gasteiger partial charge in [-0.1, -0.05) is 171 Å². The number of rotatable bonds is 32. The first-order valence-corrected chi connectivity index (χ1v) is 45.3. The summed E-state index contributed by atoms with van der Waals surface area (Å²) in [5.74, 6) is 0. The fourth-order valence-electron chi connectivity index (χ4n) is 17.1. The first-order chi connectivity index (χ1) is 50.5. The van der Waals surface area contributed by atoms with Crippen molar-refractivity contribution in [3.05, 3.63) is 196 Å². The molecular weight excluding hydrogens is 1420 g/mol. The van der Waals surface area contributed by atoms with Gasteiger partial charge in [0.25, 0.3) is 0 Å². The number of H-pyrrole nitrogens is 1. The van der Waals surface area contributed by atoms with Gasteiger partial charge < -0.3 is 4.98 Å². The largest absolute Gasteiger partial charge is 0.354 e. The molecule has 9 rings (SSSR count). The summed E-state index contributed by atoms with van der Waals surface area (Å²) in [5, 5.41) is 0. The summed E-state index contributed by atoms with van der Waals surface area (Å²) < 4.78 is 133. The molecule has 4 aromatic carbocycles. The molecule has 3 aliphatic heterocycles. The van der Waals surface area contributed by atoms with Crippen molar-refractivity contribution in [2.24, 2.45) is 31.6 Å². The lowest BCUT2D eigenvalue weighted by Crippen LogP contribution is -2.30. The fraction of sp³-hybridized carbons (Fsp3) is 0.506. The molecule has 586 valence electrons. The second-order valence-corrected chi connectivity index (χ2v) is 39.6. The highest BCUT2D eigenvalue weighted by atomic mass is 32.2. The molecule has 0 atom stereocenters. The summed E-state index contributed by atoms with van der Waals surface area (Å²) in [6.07, 6.45) is 22.1. The number of hydrogen-bond acceptors (Lipinski definition) is 10. The van der Waals surface area contributed by atoms with Crippen LogP contribution in [0.2, 0.25) is 0 Å². The lowest BCUT2D eigenvalue weighted by molar-refractivity contribution is 0.274. The summed E-state index contributed by atoms with van der Waals surface area (Å²) in [6.45, 7) is 49.7. The van der Waals surface area contributed by atoms with Gasteiger partial charge in [-0.15, -0.1) is 0 Å². The Morgan fingerprint density at radius 3 is 0.796 bits per heavy atom. The van der Waals surface area contributed by atoms with Crippen LogP contribution in [0.25, 0.3) is 22.3 Å². The maximum absolute atomic E-state index is 15.2. The van der Waals surface area contributed by atoms with Crippen LogP contribution in [0.1, 0.15) is 267 Å². The van der Waals surface area contributed by atoms with Gasteiger partial charge in [0.15, 0.2) is 0 Å². The number of aromatic amines is 1. The van der Waals surface area contributed by atoms with Gasteiger partial charge in [-0.2, -0.15) is 0 Å². The average Bonchev–Trinajstić information content (AvgIpc) is 1.49. The zero-order valence-corrected chi connectivity index (χ0v) is 72.5. The van der Waals surface area contributed by atoms with Crippen LogP contribution >= 0.6 is 0 Å². The van der Waals surface area contributed by atoms with E-state index in [9.17, 15) is 0 Å². The van der Waals surface area contributed by atoms with Crippen LogP contribution in [-0.4, -0.2) is 76.3 Å². The number of allylic oxidation sites excluding steroid dienone is 10. The van der Waals surface area contributed by atoms with E-state index >= 15 is 33.7 Å². The number of aryl methyl sites for hydroxylation is 8. The topological polar surface area (TPSA) is 225 Å². The normalized spacial score (nSPS) is 15.5. The van der Waals surface area contributed by atoms with Gasteiger partial charge in [-0.25, -0.2) is 62.5 Å². The number of sulfonamides is 4. The quantitative estimate of drug-likeness (QED) is 0.0278. The number of nitrogens with one attached hydrogen (secondary N) is 5. The molecule has 0 spiro atoms. The molecule has 4 aliphatic rings. The minimum atomic E-state index is -4.14. The van der Waals surface area contributed by atoms with Crippen molar-refractivity contribution in [2.75, 3.05) is 26.2 Å². The minimum absolute atomic E-state index is 0.0579. The van der Waals surface area contributed by atoms with E-state index in [0.717, 1.165) is 84.8 Å². The molecule has 5 aromatic rings. The summed E-state index contributed by atoms with van der Waals surface area (Å²) in [7, 11) is -16.5. The maximum Gasteiger partial charge on any atom is 0.241 e. The van der Waals surface area contributed by atoms with E-state index in [1.165, 1.54) is 0 Å². The molecule has 5 N–H and O–H groups in total. The van der Waals surface area contributed by atoms with Crippen LogP contribution in [-0.2, 0) is 40.1 Å². The Balaban J connectivity index is 1.43. The Hall–Kier alpha value is -6.68. The summed E-state index contributed by atoms with van der Waals surface area (Å²) in [5.41, 5.74) is 17.6. The van der Waals surface area contributed by atoms with Crippen molar-refractivity contribution in [1.82, 2.24) is 23.9 Å². The number of hydrogen-bond donors (Lipinski definition) is 5. The number of benzene rings is 4. The third kappa shape index (κ3) is 17.0. The summed E-state index contributed by atoms with van der Waals surface area (Å²) in [6, 6.07) is 11.7. The summed E-state index contributed by atoms with van der Waals surface area (Å²) in [4.78, 5) is 16.1. The third-order valence-electron chi connectivity index (χ3n) is 25.6. The highest BCUT2D eigenvalue weighted by Crippen LogP contribution is 2.48. The Kier molecular flexibility index (Phi) is 26.0. The fourth-order valence-corrected chi connectivity index (χ4v) is 23.1. The molecule has 8 bridgehead atoms. The van der Waals surface area contributed by atoms with Crippen LogP contribution < -0.4 is 18.9 Å². The van der Waals surface area contributed by atoms with Gasteiger partial charge >= 0.3 is 0 Å². The number of aliphatic imine (C=N–C) groups is 2.